The fraction of sp³-hybridized carbons (Fsp3) is 0.571. The largest absolute Gasteiger partial charge is 0.488 e. The van der Waals surface area contributed by atoms with Crippen LogP contribution in [0.3, 0.4) is 0 Å². The van der Waals surface area contributed by atoms with E-state index in [1.54, 1.807) is 7.05 Å². The third-order valence-electron chi connectivity index (χ3n) is 4.01. The van der Waals surface area contributed by atoms with E-state index in [1.807, 2.05) is 0 Å². The number of benzene rings is 1. The summed E-state index contributed by atoms with van der Waals surface area (Å²) in [5, 5.41) is 14.1. The molecule has 1 aromatic carbocycles. The number of piperidine rings is 1. The van der Waals surface area contributed by atoms with E-state index >= 15 is 0 Å². The number of nitrogens with one attached hydrogen (secondary N) is 1. The summed E-state index contributed by atoms with van der Waals surface area (Å²) >= 11 is 0. The molecule has 1 saturated heterocycles. The first kappa shape index (κ1) is 21.6. The predicted molar refractivity (Wildman–Crippen MR) is 92.3 cm³/mol. The molecule has 1 atom stereocenters. The molecule has 1 aromatic rings. The number of sulfonamides is 1. The fourth-order valence-corrected chi connectivity index (χ4v) is 4.48. The van der Waals surface area contributed by atoms with Crippen LogP contribution in [-0.4, -0.2) is 51.4 Å². The van der Waals surface area contributed by atoms with Crippen LogP contribution in [0.1, 0.15) is 12.8 Å². The van der Waals surface area contributed by atoms with E-state index in [9.17, 15) is 22.9 Å². The second-order valence-corrected chi connectivity index (χ2v) is 7.58. The van der Waals surface area contributed by atoms with Crippen molar-refractivity contribution in [3.63, 3.8) is 0 Å². The minimum absolute atomic E-state index is 0. The standard InChI is InChI=1S/C14H20FN3O5S.ClH/c1-16-8-10-4-3-5-17(9-10)24(21,22)11-6-12(15)14(23-2)13(7-11)18(19)20;/h6-7,10,16H,3-5,8-9H2,1-2H3;1H. The van der Waals surface area contributed by atoms with Crippen molar-refractivity contribution in [2.75, 3.05) is 33.8 Å². The van der Waals surface area contributed by atoms with Gasteiger partial charge >= 0.3 is 5.69 Å². The van der Waals surface area contributed by atoms with Gasteiger partial charge in [0.1, 0.15) is 0 Å². The molecule has 8 nitrogen and oxygen atoms in total. The second-order valence-electron chi connectivity index (χ2n) is 5.64. The van der Waals surface area contributed by atoms with Gasteiger partial charge in [0.2, 0.25) is 15.8 Å². The highest BCUT2D eigenvalue weighted by molar-refractivity contribution is 7.89. The average Bonchev–Trinajstić information content (AvgIpc) is 2.54. The molecule has 0 bridgehead atoms. The van der Waals surface area contributed by atoms with E-state index in [-0.39, 0.29) is 18.3 Å². The Hall–Kier alpha value is -1.49. The van der Waals surface area contributed by atoms with Gasteiger partial charge in [-0.1, -0.05) is 0 Å². The van der Waals surface area contributed by atoms with Crippen molar-refractivity contribution in [1.29, 1.82) is 0 Å². The number of hydrogen-bond acceptors (Lipinski definition) is 6. The van der Waals surface area contributed by atoms with Crippen LogP contribution in [0.5, 0.6) is 5.75 Å². The number of halogens is 2. The van der Waals surface area contributed by atoms with Gasteiger partial charge in [0.25, 0.3) is 0 Å². The third kappa shape index (κ3) is 4.57. The van der Waals surface area contributed by atoms with Crippen LogP contribution in [0.25, 0.3) is 0 Å². The lowest BCUT2D eigenvalue weighted by Crippen LogP contribution is -2.42. The van der Waals surface area contributed by atoms with E-state index in [0.29, 0.717) is 26.1 Å². The molecule has 1 fully saturated rings. The summed E-state index contributed by atoms with van der Waals surface area (Å²) in [4.78, 5) is 9.77. The summed E-state index contributed by atoms with van der Waals surface area (Å²) < 4.78 is 45.4. The normalized spacial score (nSPS) is 18.4. The molecule has 1 heterocycles. The molecular formula is C14H21ClFN3O5S. The lowest BCUT2D eigenvalue weighted by atomic mass is 10.00. The molecule has 1 aliphatic rings. The lowest BCUT2D eigenvalue weighted by molar-refractivity contribution is -0.386. The molecule has 0 aromatic heterocycles. The molecule has 11 heteroatoms. The molecule has 2 rings (SSSR count). The molecule has 0 spiro atoms. The van der Waals surface area contributed by atoms with Crippen LogP contribution < -0.4 is 10.1 Å². The average molecular weight is 398 g/mol. The molecule has 0 amide bonds. The van der Waals surface area contributed by atoms with Gasteiger partial charge in [-0.3, -0.25) is 10.1 Å². The Labute approximate surface area is 152 Å². The van der Waals surface area contributed by atoms with E-state index in [4.69, 9.17) is 0 Å². The zero-order valence-electron chi connectivity index (χ0n) is 13.9. The summed E-state index contributed by atoms with van der Waals surface area (Å²) in [6.45, 7) is 1.28. The smallest absolute Gasteiger partial charge is 0.315 e. The molecule has 1 N–H and O–H groups in total. The van der Waals surface area contributed by atoms with Crippen molar-refractivity contribution in [3.8, 4) is 5.75 Å². The SMILES string of the molecule is CNCC1CCCN(S(=O)(=O)c2cc(F)c(OC)c([N+](=O)[O-])c2)C1.Cl. The van der Waals surface area contributed by atoms with Crippen LogP contribution in [0.4, 0.5) is 10.1 Å². The molecule has 0 saturated carbocycles. The van der Waals surface area contributed by atoms with Crippen molar-refractivity contribution < 1.29 is 22.5 Å². The van der Waals surface area contributed by atoms with E-state index in [2.05, 4.69) is 10.1 Å². The summed E-state index contributed by atoms with van der Waals surface area (Å²) in [6.07, 6.45) is 1.58. The van der Waals surface area contributed by atoms with Crippen LogP contribution in [0.2, 0.25) is 0 Å². The molecule has 1 unspecified atom stereocenters. The highest BCUT2D eigenvalue weighted by Crippen LogP contribution is 2.34. The fourth-order valence-electron chi connectivity index (χ4n) is 2.89. The van der Waals surface area contributed by atoms with Crippen LogP contribution in [0.15, 0.2) is 17.0 Å². The van der Waals surface area contributed by atoms with Crippen molar-refractivity contribution in [1.82, 2.24) is 9.62 Å². The number of methoxy groups -OCH3 is 1. The first-order valence-corrected chi connectivity index (χ1v) is 8.92. The highest BCUT2D eigenvalue weighted by Gasteiger charge is 2.33. The Morgan fingerprint density at radius 1 is 1.48 bits per heavy atom. The third-order valence-corrected chi connectivity index (χ3v) is 5.85. The predicted octanol–water partition coefficient (Wildman–Crippen LogP) is 1.78. The van der Waals surface area contributed by atoms with Gasteiger partial charge in [-0.25, -0.2) is 12.8 Å². The van der Waals surface area contributed by atoms with E-state index in [0.717, 1.165) is 25.7 Å². The number of ether oxygens (including phenoxy) is 1. The molecule has 1 aliphatic heterocycles. The lowest BCUT2D eigenvalue weighted by Gasteiger charge is -2.31. The zero-order valence-corrected chi connectivity index (χ0v) is 15.5. The van der Waals surface area contributed by atoms with Crippen molar-refractivity contribution in [2.45, 2.75) is 17.7 Å². The summed E-state index contributed by atoms with van der Waals surface area (Å²) in [5.74, 6) is -1.50. The second kappa shape index (κ2) is 8.75. The highest BCUT2D eigenvalue weighted by atomic mass is 35.5. The Morgan fingerprint density at radius 3 is 2.72 bits per heavy atom. The van der Waals surface area contributed by atoms with E-state index < -0.39 is 37.1 Å². The Kier molecular flexibility index (Phi) is 7.54. The summed E-state index contributed by atoms with van der Waals surface area (Å²) in [7, 11) is -1.13. The quantitative estimate of drug-likeness (QED) is 0.580. The monoisotopic (exact) mass is 397 g/mol. The minimum Gasteiger partial charge on any atom is -0.488 e. The number of rotatable bonds is 6. The van der Waals surface area contributed by atoms with Crippen LogP contribution in [0, 0.1) is 21.8 Å². The maximum Gasteiger partial charge on any atom is 0.315 e. The van der Waals surface area contributed by atoms with Gasteiger partial charge in [0, 0.05) is 19.2 Å². The number of nitro benzene ring substituents is 1. The maximum absolute atomic E-state index is 14.0. The molecule has 0 radical (unpaired) electrons. The van der Waals surface area contributed by atoms with Gasteiger partial charge in [0.05, 0.1) is 16.9 Å². The summed E-state index contributed by atoms with van der Waals surface area (Å²) in [6, 6.07) is 1.61. The van der Waals surface area contributed by atoms with Gasteiger partial charge in [-0.2, -0.15) is 4.31 Å². The number of hydrogen-bond donors (Lipinski definition) is 1. The Balaban J connectivity index is 0.00000312. The van der Waals surface area contributed by atoms with Crippen molar-refractivity contribution in [2.24, 2.45) is 5.92 Å². The van der Waals surface area contributed by atoms with Crippen LogP contribution in [-0.2, 0) is 10.0 Å². The summed E-state index contributed by atoms with van der Waals surface area (Å²) in [5.41, 5.74) is -0.708. The van der Waals surface area contributed by atoms with Gasteiger partial charge < -0.3 is 10.1 Å². The first-order chi connectivity index (χ1) is 11.3. The zero-order chi connectivity index (χ0) is 17.9. The minimum atomic E-state index is -4.01. The van der Waals surface area contributed by atoms with Gasteiger partial charge in [-0.15, -0.1) is 12.4 Å². The Bertz CT molecular complexity index is 729. The number of nitro groups is 1. The van der Waals surface area contributed by atoms with Crippen molar-refractivity contribution >= 4 is 28.1 Å². The molecule has 0 aliphatic carbocycles. The van der Waals surface area contributed by atoms with Crippen molar-refractivity contribution in [3.05, 3.63) is 28.1 Å². The first-order valence-electron chi connectivity index (χ1n) is 7.48. The topological polar surface area (TPSA) is 102 Å². The maximum atomic E-state index is 14.0. The van der Waals surface area contributed by atoms with Crippen LogP contribution >= 0.6 is 12.4 Å². The molecule has 25 heavy (non-hydrogen) atoms. The number of nitrogens with zero attached hydrogens (tertiary/aromatic N) is 2. The Morgan fingerprint density at radius 2 is 2.16 bits per heavy atom. The van der Waals surface area contributed by atoms with Gasteiger partial charge in [0.15, 0.2) is 5.82 Å². The van der Waals surface area contributed by atoms with E-state index in [1.165, 1.54) is 4.31 Å². The molecular weight excluding hydrogens is 377 g/mol. The van der Waals surface area contributed by atoms with Gasteiger partial charge in [-0.05, 0) is 38.4 Å². The molecule has 142 valence electrons.